The molecule has 2 aromatic rings. The van der Waals surface area contributed by atoms with Crippen molar-refractivity contribution < 1.29 is 33.6 Å². The Bertz CT molecular complexity index is 1210. The molecule has 1 heterocycles. The molecule has 3 rings (SSSR count). The Morgan fingerprint density at radius 3 is 2.07 bits per heavy atom. The van der Waals surface area contributed by atoms with Gasteiger partial charge >= 0.3 is 17.7 Å². The van der Waals surface area contributed by atoms with Gasteiger partial charge in [-0.05, 0) is 72.4 Å². The maximum absolute atomic E-state index is 13.5. The van der Waals surface area contributed by atoms with E-state index in [1.54, 1.807) is 30.3 Å². The number of ether oxygens (including phenoxy) is 4. The van der Waals surface area contributed by atoms with Crippen LogP contribution >= 0.6 is 11.6 Å². The summed E-state index contributed by atoms with van der Waals surface area (Å²) in [4.78, 5) is 27.0. The molecule has 0 saturated carbocycles. The van der Waals surface area contributed by atoms with Crippen LogP contribution in [0.15, 0.2) is 42.5 Å². The fourth-order valence-electron chi connectivity index (χ4n) is 5.20. The Labute approximate surface area is 261 Å². The first-order valence-electron chi connectivity index (χ1n) is 15.2. The van der Waals surface area contributed by atoms with E-state index < -0.39 is 23.8 Å². The minimum atomic E-state index is -2.38. The zero-order valence-corrected chi connectivity index (χ0v) is 27.4. The Morgan fingerprint density at radius 1 is 0.930 bits per heavy atom. The number of carbonyl (C=O) groups is 2. The van der Waals surface area contributed by atoms with E-state index in [0.717, 1.165) is 36.8 Å². The second-order valence-corrected chi connectivity index (χ2v) is 13.6. The van der Waals surface area contributed by atoms with Crippen molar-refractivity contribution in [2.24, 2.45) is 10.8 Å². The topological polar surface area (TPSA) is 103 Å². The summed E-state index contributed by atoms with van der Waals surface area (Å²) >= 11 is 6.05. The van der Waals surface area contributed by atoms with Crippen LogP contribution in [0.5, 0.6) is 11.5 Å². The van der Waals surface area contributed by atoms with Gasteiger partial charge in [0, 0.05) is 17.6 Å². The third-order valence-electron chi connectivity index (χ3n) is 7.53. The number of benzene rings is 2. The largest absolute Gasteiger partial charge is 0.459 e. The zero-order chi connectivity index (χ0) is 31.8. The number of nitrogens with one attached hydrogen (secondary N) is 1. The van der Waals surface area contributed by atoms with Gasteiger partial charge in [-0.2, -0.15) is 0 Å². The van der Waals surface area contributed by atoms with Gasteiger partial charge in [-0.15, -0.1) is 0 Å². The average Bonchev–Trinajstić information content (AvgIpc) is 3.33. The second kappa shape index (κ2) is 14.8. The molecule has 0 saturated heterocycles. The molecule has 0 aromatic heterocycles. The predicted molar refractivity (Wildman–Crippen MR) is 167 cm³/mol. The monoisotopic (exact) mass is 617 g/mol. The maximum atomic E-state index is 13.5. The summed E-state index contributed by atoms with van der Waals surface area (Å²) in [5.41, 5.74) is 1.08. The number of hydrogen-bond donors (Lipinski definition) is 2. The van der Waals surface area contributed by atoms with Gasteiger partial charge in [-0.1, -0.05) is 84.2 Å². The SMILES string of the molecule is CCCC(C)(C)COC(=O)C1(C(=O)OCC(C)(C)CCC)Oc2ccc(C[C@@H](C)NC[C@H](O)c3cccc(Cl)c3)cc2O1. The standard InChI is InChI=1S/C34H48ClNO7/c1-8-15-32(4,5)21-40-30(38)34(31(39)41-22-33(6,7)16-9-2)42-28-14-13-24(18-29(28)43-34)17-23(3)36-20-27(37)25-11-10-12-26(35)19-25/h10-14,18-19,23,27,36-37H,8-9,15-17,20-22H2,1-7H3/t23-,27+/m1/s1. The number of rotatable bonds is 16. The Hall–Kier alpha value is -2.81. The van der Waals surface area contributed by atoms with Crippen molar-refractivity contribution in [3.8, 4) is 11.5 Å². The lowest BCUT2D eigenvalue weighted by atomic mass is 9.89. The van der Waals surface area contributed by atoms with E-state index in [1.165, 1.54) is 0 Å². The number of esters is 2. The molecule has 0 radical (unpaired) electrons. The number of aliphatic hydroxyl groups excluding tert-OH is 1. The highest BCUT2D eigenvalue weighted by Gasteiger charge is 2.60. The zero-order valence-electron chi connectivity index (χ0n) is 26.6. The summed E-state index contributed by atoms with van der Waals surface area (Å²) in [6.07, 6.45) is 3.43. The minimum absolute atomic E-state index is 0.00418. The highest BCUT2D eigenvalue weighted by atomic mass is 35.5. The van der Waals surface area contributed by atoms with Gasteiger partial charge in [-0.25, -0.2) is 9.59 Å². The van der Waals surface area contributed by atoms with E-state index in [-0.39, 0.29) is 41.6 Å². The molecule has 238 valence electrons. The Morgan fingerprint density at radius 2 is 1.51 bits per heavy atom. The summed E-state index contributed by atoms with van der Waals surface area (Å²) in [5, 5.41) is 14.5. The summed E-state index contributed by atoms with van der Waals surface area (Å²) in [5.74, 6) is -3.72. The molecule has 0 amide bonds. The van der Waals surface area contributed by atoms with Crippen molar-refractivity contribution in [2.45, 2.75) is 98.5 Å². The molecular weight excluding hydrogens is 570 g/mol. The maximum Gasteiger partial charge on any atom is 0.453 e. The third-order valence-corrected chi connectivity index (χ3v) is 7.76. The molecule has 0 spiro atoms. The van der Waals surface area contributed by atoms with Crippen molar-refractivity contribution in [3.63, 3.8) is 0 Å². The molecule has 0 fully saturated rings. The molecule has 8 nitrogen and oxygen atoms in total. The predicted octanol–water partition coefficient (Wildman–Crippen LogP) is 6.80. The van der Waals surface area contributed by atoms with E-state index in [9.17, 15) is 14.7 Å². The van der Waals surface area contributed by atoms with E-state index in [0.29, 0.717) is 18.0 Å². The van der Waals surface area contributed by atoms with Crippen LogP contribution in [0, 0.1) is 10.8 Å². The highest BCUT2D eigenvalue weighted by Crippen LogP contribution is 2.42. The minimum Gasteiger partial charge on any atom is -0.459 e. The van der Waals surface area contributed by atoms with Gasteiger partial charge in [-0.3, -0.25) is 0 Å². The van der Waals surface area contributed by atoms with Crippen LogP contribution < -0.4 is 14.8 Å². The molecule has 9 heteroatoms. The lowest BCUT2D eigenvalue weighted by Crippen LogP contribution is -2.56. The molecular formula is C34H48ClNO7. The lowest BCUT2D eigenvalue weighted by molar-refractivity contribution is -0.206. The quantitative estimate of drug-likeness (QED) is 0.157. The molecule has 0 bridgehead atoms. The summed E-state index contributed by atoms with van der Waals surface area (Å²) in [7, 11) is 0. The molecule has 0 unspecified atom stereocenters. The average molecular weight is 618 g/mol. The summed E-state index contributed by atoms with van der Waals surface area (Å²) in [6.45, 7) is 14.7. The van der Waals surface area contributed by atoms with Gasteiger partial charge in [0.05, 0.1) is 19.3 Å². The van der Waals surface area contributed by atoms with Gasteiger partial charge in [0.25, 0.3) is 0 Å². The normalized spacial score (nSPS) is 15.6. The smallest absolute Gasteiger partial charge is 0.453 e. The van der Waals surface area contributed by atoms with E-state index >= 15 is 0 Å². The molecule has 2 atom stereocenters. The molecule has 2 N–H and O–H groups in total. The van der Waals surface area contributed by atoms with E-state index in [4.69, 9.17) is 30.5 Å². The van der Waals surface area contributed by atoms with Crippen LogP contribution in [0.2, 0.25) is 5.02 Å². The van der Waals surface area contributed by atoms with E-state index in [2.05, 4.69) is 19.2 Å². The van der Waals surface area contributed by atoms with Crippen LogP contribution in [-0.4, -0.2) is 48.6 Å². The van der Waals surface area contributed by atoms with Crippen LogP contribution in [0.1, 0.15) is 91.4 Å². The van der Waals surface area contributed by atoms with Gasteiger partial charge in [0.15, 0.2) is 11.5 Å². The fourth-order valence-corrected chi connectivity index (χ4v) is 5.40. The number of fused-ring (bicyclic) bond motifs is 1. The van der Waals surface area contributed by atoms with Gasteiger partial charge in [0.1, 0.15) is 0 Å². The number of carbonyl (C=O) groups excluding carboxylic acids is 2. The number of hydrogen-bond acceptors (Lipinski definition) is 8. The van der Waals surface area contributed by atoms with Crippen molar-refractivity contribution in [2.75, 3.05) is 19.8 Å². The number of halogens is 1. The Balaban J connectivity index is 1.73. The fraction of sp³-hybridized carbons (Fsp3) is 0.588. The lowest BCUT2D eigenvalue weighted by Gasteiger charge is -2.29. The van der Waals surface area contributed by atoms with Crippen molar-refractivity contribution in [3.05, 3.63) is 58.6 Å². The highest BCUT2D eigenvalue weighted by molar-refractivity contribution is 6.30. The third kappa shape index (κ3) is 9.59. The van der Waals surface area contributed by atoms with Gasteiger partial charge in [0.2, 0.25) is 0 Å². The van der Waals surface area contributed by atoms with Crippen LogP contribution in [0.4, 0.5) is 0 Å². The van der Waals surface area contributed by atoms with Crippen LogP contribution in [0.25, 0.3) is 0 Å². The summed E-state index contributed by atoms with van der Waals surface area (Å²) < 4.78 is 23.2. The first-order chi connectivity index (χ1) is 20.2. The molecule has 2 aromatic carbocycles. The summed E-state index contributed by atoms with van der Waals surface area (Å²) in [6, 6.07) is 12.4. The van der Waals surface area contributed by atoms with Crippen molar-refractivity contribution in [1.29, 1.82) is 0 Å². The second-order valence-electron chi connectivity index (χ2n) is 13.2. The van der Waals surface area contributed by atoms with Crippen molar-refractivity contribution >= 4 is 23.5 Å². The molecule has 1 aliphatic heterocycles. The number of aliphatic hydroxyl groups is 1. The molecule has 1 aliphatic rings. The molecule has 0 aliphatic carbocycles. The first-order valence-corrected chi connectivity index (χ1v) is 15.6. The van der Waals surface area contributed by atoms with Crippen molar-refractivity contribution in [1.82, 2.24) is 5.32 Å². The first kappa shape index (κ1) is 34.7. The van der Waals surface area contributed by atoms with Gasteiger partial charge < -0.3 is 29.4 Å². The van der Waals surface area contributed by atoms with Crippen LogP contribution in [0.3, 0.4) is 0 Å². The van der Waals surface area contributed by atoms with Crippen LogP contribution in [-0.2, 0) is 25.5 Å². The van der Waals surface area contributed by atoms with E-state index in [1.807, 2.05) is 46.8 Å². The Kier molecular flexibility index (Phi) is 11.9. The molecule has 43 heavy (non-hydrogen) atoms.